The van der Waals surface area contributed by atoms with E-state index in [0.29, 0.717) is 6.42 Å². The fourth-order valence-electron chi connectivity index (χ4n) is 9.02. The summed E-state index contributed by atoms with van der Waals surface area (Å²) in [6.45, 7) is 4.23. The largest absolute Gasteiger partial charge is 0.394 e. The minimum atomic E-state index is -0.959. The number of allylic oxidation sites excluding steroid dienone is 5. The molecule has 0 aromatic carbocycles. The average molecular weight is 901 g/mol. The van der Waals surface area contributed by atoms with Gasteiger partial charge < -0.3 is 20.6 Å². The number of hydrogen-bond donors (Lipinski definition) is 4. The van der Waals surface area contributed by atoms with E-state index in [1.54, 1.807) is 6.08 Å². The molecule has 378 valence electrons. The molecule has 0 heterocycles. The summed E-state index contributed by atoms with van der Waals surface area (Å²) in [5.41, 5.74) is 0. The van der Waals surface area contributed by atoms with Gasteiger partial charge >= 0.3 is 0 Å². The lowest BCUT2D eigenvalue weighted by molar-refractivity contribution is -0.124. The maximum absolute atomic E-state index is 12.5. The average Bonchev–Trinajstić information content (AvgIpc) is 3.29. The molecule has 64 heavy (non-hydrogen) atoms. The molecule has 5 heteroatoms. The molecule has 0 aromatic heterocycles. The highest BCUT2D eigenvalue weighted by molar-refractivity contribution is 5.76. The molecule has 3 unspecified atom stereocenters. The Bertz CT molecular complexity index is 993. The van der Waals surface area contributed by atoms with Crippen molar-refractivity contribution < 1.29 is 20.1 Å². The molecule has 0 bridgehead atoms. The van der Waals surface area contributed by atoms with Crippen molar-refractivity contribution in [2.24, 2.45) is 0 Å². The first-order valence-corrected chi connectivity index (χ1v) is 28.8. The highest BCUT2D eigenvalue weighted by Gasteiger charge is 2.20. The van der Waals surface area contributed by atoms with Crippen LogP contribution in [0.25, 0.3) is 0 Å². The molecule has 0 aliphatic rings. The minimum Gasteiger partial charge on any atom is -0.394 e. The molecule has 0 radical (unpaired) electrons. The van der Waals surface area contributed by atoms with Gasteiger partial charge in [-0.1, -0.05) is 294 Å². The Hall–Kier alpha value is -1.43. The number of hydrogen-bond acceptors (Lipinski definition) is 4. The molecular weight excluding hydrogens is 787 g/mol. The number of amides is 1. The second-order valence-corrected chi connectivity index (χ2v) is 19.9. The summed E-state index contributed by atoms with van der Waals surface area (Å²) in [4.78, 5) is 12.5. The molecule has 3 atom stereocenters. The molecule has 0 aliphatic carbocycles. The summed E-state index contributed by atoms with van der Waals surface area (Å²) in [7, 11) is 0. The first-order valence-electron chi connectivity index (χ1n) is 28.8. The lowest BCUT2D eigenvalue weighted by Crippen LogP contribution is -2.45. The second-order valence-electron chi connectivity index (χ2n) is 19.9. The zero-order valence-corrected chi connectivity index (χ0v) is 43.2. The Morgan fingerprint density at radius 2 is 0.672 bits per heavy atom. The number of unbranched alkanes of at least 4 members (excludes halogenated alkanes) is 40. The van der Waals surface area contributed by atoms with Crippen LogP contribution < -0.4 is 5.32 Å². The van der Waals surface area contributed by atoms with Crippen molar-refractivity contribution in [3.05, 3.63) is 36.5 Å². The van der Waals surface area contributed by atoms with Crippen molar-refractivity contribution >= 4 is 5.91 Å². The van der Waals surface area contributed by atoms with Gasteiger partial charge in [0.25, 0.3) is 0 Å². The number of aliphatic hydroxyl groups excluding tert-OH is 3. The highest BCUT2D eigenvalue weighted by Crippen LogP contribution is 2.18. The summed E-state index contributed by atoms with van der Waals surface area (Å²) in [5, 5.41) is 33.4. The summed E-state index contributed by atoms with van der Waals surface area (Å²) in [5.74, 6) is -0.324. The van der Waals surface area contributed by atoms with Crippen LogP contribution >= 0.6 is 0 Å². The lowest BCUT2D eigenvalue weighted by Gasteiger charge is -2.21. The summed E-state index contributed by atoms with van der Waals surface area (Å²) in [6.07, 6.45) is 70.6. The molecular formula is C59H113NO4. The molecule has 0 fully saturated rings. The summed E-state index contributed by atoms with van der Waals surface area (Å²) >= 11 is 0. The standard InChI is InChI=1S/C59H113NO4/c1-3-5-7-9-11-13-15-17-19-21-23-25-26-27-28-29-30-31-32-33-34-36-38-40-42-44-46-48-50-52-56(62)54-59(64)60-57(55-61)58(63)53-51-49-47-45-43-41-39-37-35-24-22-20-18-16-14-12-10-8-6-4-2/h35,37,43,45,51,53,56-58,61-63H,3-34,36,38-42,44,46-50,52,54-55H2,1-2H3,(H,60,64)/b37-35+,45-43+,53-51+. The Kier molecular flexibility index (Phi) is 53.0. The van der Waals surface area contributed by atoms with E-state index in [2.05, 4.69) is 43.5 Å². The Morgan fingerprint density at radius 3 is 1.00 bits per heavy atom. The van der Waals surface area contributed by atoms with Gasteiger partial charge in [0.15, 0.2) is 0 Å². The van der Waals surface area contributed by atoms with Crippen molar-refractivity contribution in [1.29, 1.82) is 0 Å². The minimum absolute atomic E-state index is 0.00572. The van der Waals surface area contributed by atoms with Crippen LogP contribution in [0.1, 0.15) is 309 Å². The van der Waals surface area contributed by atoms with Crippen LogP contribution in [-0.4, -0.2) is 46.1 Å². The van der Waals surface area contributed by atoms with Crippen molar-refractivity contribution in [1.82, 2.24) is 5.32 Å². The predicted molar refractivity (Wildman–Crippen MR) is 282 cm³/mol. The third-order valence-electron chi connectivity index (χ3n) is 13.4. The third-order valence-corrected chi connectivity index (χ3v) is 13.4. The van der Waals surface area contributed by atoms with E-state index in [1.807, 2.05) is 6.08 Å². The smallest absolute Gasteiger partial charge is 0.222 e. The normalized spacial score (nSPS) is 13.5. The number of aliphatic hydroxyl groups is 3. The molecule has 5 nitrogen and oxygen atoms in total. The van der Waals surface area contributed by atoms with Crippen molar-refractivity contribution in [2.75, 3.05) is 6.61 Å². The van der Waals surface area contributed by atoms with Crippen LogP contribution in [0.5, 0.6) is 0 Å². The van der Waals surface area contributed by atoms with Gasteiger partial charge in [0.1, 0.15) is 0 Å². The predicted octanol–water partition coefficient (Wildman–Crippen LogP) is 17.8. The van der Waals surface area contributed by atoms with E-state index < -0.39 is 18.2 Å². The van der Waals surface area contributed by atoms with Gasteiger partial charge in [-0.05, 0) is 44.9 Å². The molecule has 0 aromatic rings. The van der Waals surface area contributed by atoms with Crippen molar-refractivity contribution in [3.8, 4) is 0 Å². The van der Waals surface area contributed by atoms with E-state index in [4.69, 9.17) is 0 Å². The molecule has 0 saturated carbocycles. The Morgan fingerprint density at radius 1 is 0.391 bits per heavy atom. The van der Waals surface area contributed by atoms with Crippen molar-refractivity contribution in [2.45, 2.75) is 327 Å². The van der Waals surface area contributed by atoms with Crippen LogP contribution in [0.2, 0.25) is 0 Å². The van der Waals surface area contributed by atoms with Gasteiger partial charge in [-0.15, -0.1) is 0 Å². The molecule has 0 spiro atoms. The molecule has 1 amide bonds. The summed E-state index contributed by atoms with van der Waals surface area (Å²) in [6, 6.07) is -0.767. The number of nitrogens with one attached hydrogen (secondary N) is 1. The van der Waals surface area contributed by atoms with E-state index in [9.17, 15) is 20.1 Å². The highest BCUT2D eigenvalue weighted by atomic mass is 16.3. The van der Waals surface area contributed by atoms with Crippen LogP contribution in [0.4, 0.5) is 0 Å². The molecule has 0 aliphatic heterocycles. The van der Waals surface area contributed by atoms with Gasteiger partial charge in [0.05, 0.1) is 31.3 Å². The van der Waals surface area contributed by atoms with E-state index in [1.165, 1.54) is 244 Å². The van der Waals surface area contributed by atoms with E-state index in [0.717, 1.165) is 38.5 Å². The zero-order chi connectivity index (χ0) is 46.5. The third kappa shape index (κ3) is 50.0. The van der Waals surface area contributed by atoms with Crippen LogP contribution in [0.3, 0.4) is 0 Å². The number of carbonyl (C=O) groups excluding carboxylic acids is 1. The lowest BCUT2D eigenvalue weighted by atomic mass is 10.0. The van der Waals surface area contributed by atoms with Crippen LogP contribution in [-0.2, 0) is 4.79 Å². The first kappa shape index (κ1) is 62.6. The van der Waals surface area contributed by atoms with E-state index in [-0.39, 0.29) is 18.9 Å². The number of rotatable bonds is 53. The first-order chi connectivity index (χ1) is 31.5. The van der Waals surface area contributed by atoms with Crippen LogP contribution in [0.15, 0.2) is 36.5 Å². The molecule has 4 N–H and O–H groups in total. The van der Waals surface area contributed by atoms with Gasteiger partial charge in [-0.2, -0.15) is 0 Å². The van der Waals surface area contributed by atoms with Gasteiger partial charge in [0.2, 0.25) is 5.91 Å². The van der Waals surface area contributed by atoms with Gasteiger partial charge in [0, 0.05) is 0 Å². The molecule has 0 rings (SSSR count). The summed E-state index contributed by atoms with van der Waals surface area (Å²) < 4.78 is 0. The Labute approximate surface area is 400 Å². The topological polar surface area (TPSA) is 89.8 Å². The van der Waals surface area contributed by atoms with Crippen LogP contribution in [0, 0.1) is 0 Å². The maximum atomic E-state index is 12.5. The SMILES string of the molecule is CCCCCCCCCCCC/C=C/CC/C=C/CC/C=C/C(O)C(CO)NC(=O)CC(O)CCCCCCCCCCCCCCCCCCCCCCCCCCCCCCC. The number of carbonyl (C=O) groups is 1. The maximum Gasteiger partial charge on any atom is 0.222 e. The molecule has 0 saturated heterocycles. The monoisotopic (exact) mass is 900 g/mol. The fourth-order valence-corrected chi connectivity index (χ4v) is 9.02. The van der Waals surface area contributed by atoms with Crippen molar-refractivity contribution in [3.63, 3.8) is 0 Å². The quantitative estimate of drug-likeness (QED) is 0.0362. The Balaban J connectivity index is 3.57. The van der Waals surface area contributed by atoms with Gasteiger partial charge in [-0.3, -0.25) is 4.79 Å². The fraction of sp³-hybridized carbons (Fsp3) is 0.881. The van der Waals surface area contributed by atoms with E-state index >= 15 is 0 Å². The van der Waals surface area contributed by atoms with Gasteiger partial charge in [-0.25, -0.2) is 0 Å². The zero-order valence-electron chi connectivity index (χ0n) is 43.2. The second kappa shape index (κ2) is 54.2.